The number of aromatic nitrogens is 2. The smallest absolute Gasteiger partial charge is 0.387 e. The fraction of sp³-hybridized carbons (Fsp3) is 0.300. The lowest BCUT2D eigenvalue weighted by Crippen LogP contribution is -2.42. The van der Waals surface area contributed by atoms with E-state index >= 15 is 0 Å². The van der Waals surface area contributed by atoms with Crippen molar-refractivity contribution in [2.45, 2.75) is 25.5 Å². The van der Waals surface area contributed by atoms with Crippen molar-refractivity contribution >= 4 is 22.8 Å². The minimum absolute atomic E-state index is 0.0614. The van der Waals surface area contributed by atoms with E-state index in [4.69, 9.17) is 0 Å². The van der Waals surface area contributed by atoms with Gasteiger partial charge >= 0.3 is 17.9 Å². The van der Waals surface area contributed by atoms with E-state index in [9.17, 15) is 23.7 Å². The Morgan fingerprint density at radius 1 is 1.23 bits per heavy atom. The highest BCUT2D eigenvalue weighted by molar-refractivity contribution is 5.60. The van der Waals surface area contributed by atoms with Crippen LogP contribution in [0.1, 0.15) is 12.8 Å². The van der Waals surface area contributed by atoms with E-state index in [0.29, 0.717) is 12.2 Å². The summed E-state index contributed by atoms with van der Waals surface area (Å²) in [6.07, 6.45) is 2.97. The predicted octanol–water partition coefficient (Wildman–Crippen LogP) is 3.29. The summed E-state index contributed by atoms with van der Waals surface area (Å²) in [6, 6.07) is 11.0. The maximum Gasteiger partial charge on any atom is 0.387 e. The fourth-order valence-corrected chi connectivity index (χ4v) is 3.71. The van der Waals surface area contributed by atoms with Crippen LogP contribution >= 0.6 is 0 Å². The quantitative estimate of drug-likeness (QED) is 0.472. The monoisotopic (exact) mass is 431 g/mol. The minimum Gasteiger partial charge on any atom is -0.435 e. The summed E-state index contributed by atoms with van der Waals surface area (Å²) >= 11 is 0. The molecule has 1 aliphatic rings. The number of pyridine rings is 1. The van der Waals surface area contributed by atoms with E-state index in [1.54, 1.807) is 30.3 Å². The van der Waals surface area contributed by atoms with Gasteiger partial charge in [0.15, 0.2) is 0 Å². The summed E-state index contributed by atoms with van der Waals surface area (Å²) in [4.78, 5) is 29.8. The molecule has 162 valence electrons. The fourth-order valence-electron chi connectivity index (χ4n) is 3.71. The number of hydrogen-bond acceptors (Lipinski definition) is 7. The number of alkyl halides is 2. The molecule has 0 radical (unpaired) electrons. The zero-order valence-electron chi connectivity index (χ0n) is 16.3. The van der Waals surface area contributed by atoms with Gasteiger partial charge in [-0.1, -0.05) is 6.07 Å². The van der Waals surface area contributed by atoms with Crippen LogP contribution in [0.4, 0.5) is 26.0 Å². The summed E-state index contributed by atoms with van der Waals surface area (Å²) in [7, 11) is 0. The molecule has 2 aromatic heterocycles. The number of fused-ring (bicyclic) bond motifs is 1. The standard InChI is InChI=1S/C20H19F2N5O4/c21-20(22)31-15-8-6-14(7-9-15)25-10-3-4-13(12-25)23-18-17(27(29)30)19(28)26-11-2-1-5-16(26)24-18/h1-2,5-9,11,13,20,23H,3-4,10,12H2. The van der Waals surface area contributed by atoms with Crippen molar-refractivity contribution in [3.63, 3.8) is 0 Å². The van der Waals surface area contributed by atoms with E-state index in [2.05, 4.69) is 15.0 Å². The van der Waals surface area contributed by atoms with E-state index in [1.165, 1.54) is 18.3 Å². The van der Waals surface area contributed by atoms with Crippen LogP contribution in [-0.2, 0) is 0 Å². The highest BCUT2D eigenvalue weighted by Crippen LogP contribution is 2.26. The van der Waals surface area contributed by atoms with E-state index in [1.807, 2.05) is 4.90 Å². The molecular formula is C20H19F2N5O4. The number of piperidine rings is 1. The van der Waals surface area contributed by atoms with Gasteiger partial charge in [0.05, 0.1) is 4.92 Å². The molecule has 1 aromatic carbocycles. The Balaban J connectivity index is 1.56. The molecule has 1 fully saturated rings. The molecule has 11 heteroatoms. The van der Waals surface area contributed by atoms with Crippen LogP contribution in [0.5, 0.6) is 5.75 Å². The third-order valence-electron chi connectivity index (χ3n) is 5.08. The van der Waals surface area contributed by atoms with Crippen molar-refractivity contribution < 1.29 is 18.4 Å². The number of anilines is 2. The van der Waals surface area contributed by atoms with Crippen molar-refractivity contribution in [1.29, 1.82) is 0 Å². The molecule has 1 N–H and O–H groups in total. The Morgan fingerprint density at radius 2 is 2.00 bits per heavy atom. The lowest BCUT2D eigenvalue weighted by molar-refractivity contribution is -0.385. The molecule has 0 saturated carbocycles. The van der Waals surface area contributed by atoms with Gasteiger partial charge in [0, 0.05) is 31.0 Å². The first kappa shape index (κ1) is 20.5. The van der Waals surface area contributed by atoms with Crippen molar-refractivity contribution in [3.8, 4) is 5.75 Å². The first-order valence-corrected chi connectivity index (χ1v) is 9.64. The van der Waals surface area contributed by atoms with E-state index in [0.717, 1.165) is 29.5 Å². The van der Waals surface area contributed by atoms with Gasteiger partial charge in [-0.2, -0.15) is 8.78 Å². The normalized spacial score (nSPS) is 16.5. The molecule has 0 spiro atoms. The zero-order valence-corrected chi connectivity index (χ0v) is 16.3. The molecule has 1 aliphatic heterocycles. The SMILES string of the molecule is O=c1c([N+](=O)[O-])c(NC2CCCN(c3ccc(OC(F)F)cc3)C2)nc2ccccn12. The molecule has 0 amide bonds. The average Bonchev–Trinajstić information content (AvgIpc) is 2.74. The number of halogens is 2. The summed E-state index contributed by atoms with van der Waals surface area (Å²) in [6.45, 7) is -1.64. The van der Waals surface area contributed by atoms with Crippen LogP contribution in [0, 0.1) is 10.1 Å². The molecule has 9 nitrogen and oxygen atoms in total. The predicted molar refractivity (Wildman–Crippen MR) is 110 cm³/mol. The molecule has 1 saturated heterocycles. The minimum atomic E-state index is -2.89. The van der Waals surface area contributed by atoms with Crippen LogP contribution in [-0.4, -0.2) is 40.1 Å². The number of hydrogen-bond donors (Lipinski definition) is 1. The Labute approximate surface area is 175 Å². The van der Waals surface area contributed by atoms with Crippen LogP contribution < -0.4 is 20.5 Å². The molecule has 1 atom stereocenters. The van der Waals surface area contributed by atoms with Gasteiger partial charge < -0.3 is 15.0 Å². The van der Waals surface area contributed by atoms with Crippen LogP contribution in [0.25, 0.3) is 5.65 Å². The molecule has 1 unspecified atom stereocenters. The van der Waals surface area contributed by atoms with Crippen LogP contribution in [0.2, 0.25) is 0 Å². The molecule has 4 rings (SSSR count). The number of ether oxygens (including phenoxy) is 1. The first-order chi connectivity index (χ1) is 14.9. The Bertz CT molecular complexity index is 1150. The number of nitro groups is 1. The van der Waals surface area contributed by atoms with E-state index in [-0.39, 0.29) is 17.6 Å². The Hall–Kier alpha value is -3.76. The van der Waals surface area contributed by atoms with Crippen molar-refractivity contribution in [2.24, 2.45) is 0 Å². The maximum absolute atomic E-state index is 12.6. The van der Waals surface area contributed by atoms with Gasteiger partial charge in [-0.05, 0) is 49.2 Å². The Kier molecular flexibility index (Phi) is 5.65. The third-order valence-corrected chi connectivity index (χ3v) is 5.08. The van der Waals surface area contributed by atoms with Crippen molar-refractivity contribution in [3.05, 3.63) is 69.1 Å². The summed E-state index contributed by atoms with van der Waals surface area (Å²) < 4.78 is 30.2. The zero-order chi connectivity index (χ0) is 22.0. The lowest BCUT2D eigenvalue weighted by atomic mass is 10.0. The van der Waals surface area contributed by atoms with Gasteiger partial charge in [-0.25, -0.2) is 4.98 Å². The third kappa shape index (κ3) is 4.39. The van der Waals surface area contributed by atoms with Crippen LogP contribution in [0.3, 0.4) is 0 Å². The second-order valence-electron chi connectivity index (χ2n) is 7.10. The summed E-state index contributed by atoms with van der Waals surface area (Å²) in [5, 5.41) is 14.6. The highest BCUT2D eigenvalue weighted by atomic mass is 19.3. The second kappa shape index (κ2) is 8.54. The molecule has 0 bridgehead atoms. The first-order valence-electron chi connectivity index (χ1n) is 9.64. The molecule has 3 heterocycles. The molecular weight excluding hydrogens is 412 g/mol. The Morgan fingerprint density at radius 3 is 2.71 bits per heavy atom. The number of nitrogens with zero attached hydrogens (tertiary/aromatic N) is 4. The number of rotatable bonds is 6. The highest BCUT2D eigenvalue weighted by Gasteiger charge is 2.27. The van der Waals surface area contributed by atoms with Gasteiger partial charge in [0.2, 0.25) is 5.82 Å². The van der Waals surface area contributed by atoms with Gasteiger partial charge in [0.1, 0.15) is 11.4 Å². The number of nitrogens with one attached hydrogen (secondary N) is 1. The van der Waals surface area contributed by atoms with Crippen molar-refractivity contribution in [1.82, 2.24) is 9.38 Å². The van der Waals surface area contributed by atoms with Gasteiger partial charge in [-0.15, -0.1) is 0 Å². The molecule has 3 aromatic rings. The summed E-state index contributed by atoms with van der Waals surface area (Å²) in [5.74, 6) is 0.00984. The topological polar surface area (TPSA) is 102 Å². The van der Waals surface area contributed by atoms with Crippen molar-refractivity contribution in [2.75, 3.05) is 23.3 Å². The summed E-state index contributed by atoms with van der Waals surface area (Å²) in [5.41, 5.74) is -0.230. The molecule has 0 aliphatic carbocycles. The lowest BCUT2D eigenvalue weighted by Gasteiger charge is -2.35. The second-order valence-corrected chi connectivity index (χ2v) is 7.10. The maximum atomic E-state index is 12.6. The average molecular weight is 431 g/mol. The van der Waals surface area contributed by atoms with E-state index < -0.39 is 22.8 Å². The largest absolute Gasteiger partial charge is 0.435 e. The number of benzene rings is 1. The van der Waals surface area contributed by atoms with Gasteiger partial charge in [-0.3, -0.25) is 19.3 Å². The molecule has 31 heavy (non-hydrogen) atoms. The van der Waals surface area contributed by atoms with Crippen LogP contribution in [0.15, 0.2) is 53.5 Å². The van der Waals surface area contributed by atoms with Gasteiger partial charge in [0.25, 0.3) is 0 Å².